The number of carbonyl (C=O) groups is 1. The number of carbonyl (C=O) groups excluding carboxylic acids is 1. The predicted octanol–water partition coefficient (Wildman–Crippen LogP) is 2.71. The van der Waals surface area contributed by atoms with E-state index in [1.54, 1.807) is 16.1 Å². The van der Waals surface area contributed by atoms with Gasteiger partial charge in [-0.3, -0.25) is 9.69 Å². The number of nitrogens with zero attached hydrogens (tertiary/aromatic N) is 3. The van der Waals surface area contributed by atoms with Gasteiger partial charge in [0.1, 0.15) is 5.37 Å². The lowest BCUT2D eigenvalue weighted by Crippen LogP contribution is -2.51. The Hall–Kier alpha value is -1.09. The van der Waals surface area contributed by atoms with Crippen molar-refractivity contribution in [3.05, 3.63) is 35.4 Å². The van der Waals surface area contributed by atoms with E-state index in [4.69, 9.17) is 0 Å². The Balaban J connectivity index is 1.61. The minimum Gasteiger partial charge on any atom is -0.324 e. The average molecular weight is 440 g/mol. The predicted molar refractivity (Wildman–Crippen MR) is 119 cm³/mol. The summed E-state index contributed by atoms with van der Waals surface area (Å²) in [6, 6.07) is 8.31. The molecule has 6 nitrogen and oxygen atoms in total. The number of thioether (sulfide) groups is 1. The van der Waals surface area contributed by atoms with Crippen molar-refractivity contribution in [3.8, 4) is 0 Å². The second-order valence-corrected chi connectivity index (χ2v) is 11.2. The zero-order valence-electron chi connectivity index (χ0n) is 17.7. The molecule has 3 rings (SSSR count). The maximum Gasteiger partial charge on any atom is 0.236 e. The van der Waals surface area contributed by atoms with E-state index in [2.05, 4.69) is 30.9 Å². The van der Waals surface area contributed by atoms with Crippen molar-refractivity contribution in [1.82, 2.24) is 14.1 Å². The van der Waals surface area contributed by atoms with Gasteiger partial charge in [0.05, 0.1) is 11.0 Å². The van der Waals surface area contributed by atoms with Gasteiger partial charge in [0.2, 0.25) is 15.9 Å². The fourth-order valence-corrected chi connectivity index (χ4v) is 7.08. The highest BCUT2D eigenvalue weighted by Gasteiger charge is 2.40. The quantitative estimate of drug-likeness (QED) is 0.623. The SMILES string of the molecule is CCCS(=O)(=O)N1CCN(CCN2C(=O)C(CC)SC2c2ccccc2C)CC1. The van der Waals surface area contributed by atoms with Crippen LogP contribution < -0.4 is 0 Å². The summed E-state index contributed by atoms with van der Waals surface area (Å²) in [5, 5.41) is 0.0931. The number of hydrogen-bond donors (Lipinski definition) is 0. The smallest absolute Gasteiger partial charge is 0.236 e. The molecule has 0 saturated carbocycles. The third kappa shape index (κ3) is 5.16. The van der Waals surface area contributed by atoms with Crippen LogP contribution in [0.15, 0.2) is 24.3 Å². The Morgan fingerprint density at radius 2 is 1.76 bits per heavy atom. The van der Waals surface area contributed by atoms with Gasteiger partial charge < -0.3 is 4.90 Å². The minimum absolute atomic E-state index is 0.0237. The van der Waals surface area contributed by atoms with Crippen LogP contribution in [0.25, 0.3) is 0 Å². The van der Waals surface area contributed by atoms with Gasteiger partial charge in [-0.15, -0.1) is 11.8 Å². The molecular formula is C21H33N3O3S2. The van der Waals surface area contributed by atoms with Gasteiger partial charge in [-0.05, 0) is 30.9 Å². The molecule has 1 amide bonds. The van der Waals surface area contributed by atoms with Crippen LogP contribution in [0.5, 0.6) is 0 Å². The van der Waals surface area contributed by atoms with Crippen LogP contribution in [-0.2, 0) is 14.8 Å². The topological polar surface area (TPSA) is 60.9 Å². The summed E-state index contributed by atoms with van der Waals surface area (Å²) < 4.78 is 26.1. The molecule has 1 aromatic carbocycles. The average Bonchev–Trinajstić information content (AvgIpc) is 3.02. The Kier molecular flexibility index (Phi) is 7.64. The second kappa shape index (κ2) is 9.81. The highest BCUT2D eigenvalue weighted by atomic mass is 32.2. The van der Waals surface area contributed by atoms with Crippen LogP contribution in [0.4, 0.5) is 0 Å². The zero-order valence-corrected chi connectivity index (χ0v) is 19.3. The molecule has 0 spiro atoms. The van der Waals surface area contributed by atoms with E-state index in [0.29, 0.717) is 26.1 Å². The van der Waals surface area contributed by atoms with E-state index in [-0.39, 0.29) is 22.3 Å². The highest BCUT2D eigenvalue weighted by Crippen LogP contribution is 2.44. The minimum atomic E-state index is -3.12. The van der Waals surface area contributed by atoms with Crippen molar-refractivity contribution < 1.29 is 13.2 Å². The molecule has 1 aromatic rings. The Morgan fingerprint density at radius 1 is 1.07 bits per heavy atom. The molecule has 2 saturated heterocycles. The number of sulfonamides is 1. The van der Waals surface area contributed by atoms with E-state index in [1.807, 2.05) is 24.0 Å². The highest BCUT2D eigenvalue weighted by molar-refractivity contribution is 8.01. The summed E-state index contributed by atoms with van der Waals surface area (Å²) >= 11 is 1.76. The summed E-state index contributed by atoms with van der Waals surface area (Å²) in [7, 11) is -3.12. The lowest BCUT2D eigenvalue weighted by atomic mass is 10.1. The van der Waals surface area contributed by atoms with Gasteiger partial charge in [-0.1, -0.05) is 38.1 Å². The molecule has 0 bridgehead atoms. The van der Waals surface area contributed by atoms with Crippen molar-refractivity contribution in [2.75, 3.05) is 45.0 Å². The Labute approximate surface area is 179 Å². The van der Waals surface area contributed by atoms with Crippen LogP contribution in [-0.4, -0.2) is 78.7 Å². The number of amides is 1. The third-order valence-electron chi connectivity index (χ3n) is 5.80. The summed E-state index contributed by atoms with van der Waals surface area (Å²) in [5.41, 5.74) is 2.44. The maximum absolute atomic E-state index is 13.0. The maximum atomic E-state index is 13.0. The molecular weight excluding hydrogens is 406 g/mol. The molecule has 2 aliphatic rings. The largest absolute Gasteiger partial charge is 0.324 e. The summed E-state index contributed by atoms with van der Waals surface area (Å²) in [5.74, 6) is 0.457. The first-order valence-corrected chi connectivity index (χ1v) is 13.1. The van der Waals surface area contributed by atoms with Crippen LogP contribution >= 0.6 is 11.8 Å². The van der Waals surface area contributed by atoms with Gasteiger partial charge in [0, 0.05) is 39.3 Å². The summed E-state index contributed by atoms with van der Waals surface area (Å²) in [6.45, 7) is 10.1. The molecule has 8 heteroatoms. The molecule has 162 valence electrons. The first-order valence-electron chi connectivity index (χ1n) is 10.6. The molecule has 0 aromatic heterocycles. The Bertz CT molecular complexity index is 807. The van der Waals surface area contributed by atoms with E-state index in [0.717, 1.165) is 26.1 Å². The molecule has 0 radical (unpaired) electrons. The molecule has 2 unspecified atom stereocenters. The van der Waals surface area contributed by atoms with Crippen LogP contribution in [0.1, 0.15) is 43.2 Å². The summed E-state index contributed by atoms with van der Waals surface area (Å²) in [6.07, 6.45) is 1.49. The second-order valence-electron chi connectivity index (χ2n) is 7.83. The van der Waals surface area contributed by atoms with E-state index in [1.165, 1.54) is 11.1 Å². The van der Waals surface area contributed by atoms with Crippen molar-refractivity contribution in [2.45, 2.75) is 44.2 Å². The molecule has 0 aliphatic carbocycles. The van der Waals surface area contributed by atoms with Crippen LogP contribution in [0, 0.1) is 6.92 Å². The van der Waals surface area contributed by atoms with Crippen molar-refractivity contribution in [3.63, 3.8) is 0 Å². The fourth-order valence-electron chi connectivity index (χ4n) is 4.06. The lowest BCUT2D eigenvalue weighted by Gasteiger charge is -2.35. The van der Waals surface area contributed by atoms with Gasteiger partial charge >= 0.3 is 0 Å². The molecule has 0 N–H and O–H groups in total. The number of hydrogen-bond acceptors (Lipinski definition) is 5. The van der Waals surface area contributed by atoms with Gasteiger partial charge in [0.15, 0.2) is 0 Å². The number of piperazine rings is 1. The zero-order chi connectivity index (χ0) is 21.0. The van der Waals surface area contributed by atoms with Crippen LogP contribution in [0.3, 0.4) is 0 Å². The monoisotopic (exact) mass is 439 g/mol. The van der Waals surface area contributed by atoms with Crippen molar-refractivity contribution in [1.29, 1.82) is 0 Å². The molecule has 2 atom stereocenters. The standard InChI is InChI=1S/C21H33N3O3S2/c1-4-16-29(26,27)23-13-10-22(11-14-23)12-15-24-20(25)19(5-2)28-21(24)18-9-7-6-8-17(18)3/h6-9,19,21H,4-5,10-16H2,1-3H3. The molecule has 2 aliphatic heterocycles. The van der Waals surface area contributed by atoms with Crippen molar-refractivity contribution >= 4 is 27.7 Å². The summed E-state index contributed by atoms with van der Waals surface area (Å²) in [4.78, 5) is 17.3. The first kappa shape index (κ1) is 22.6. The lowest BCUT2D eigenvalue weighted by molar-refractivity contribution is -0.130. The molecule has 2 heterocycles. The molecule has 2 fully saturated rings. The van der Waals surface area contributed by atoms with Gasteiger partial charge in [-0.2, -0.15) is 4.31 Å². The third-order valence-corrected chi connectivity index (χ3v) is 9.51. The van der Waals surface area contributed by atoms with E-state index >= 15 is 0 Å². The Morgan fingerprint density at radius 3 is 2.38 bits per heavy atom. The normalized spacial score (nSPS) is 24.4. The number of aryl methyl sites for hydroxylation is 1. The molecule has 29 heavy (non-hydrogen) atoms. The van der Waals surface area contributed by atoms with E-state index < -0.39 is 10.0 Å². The van der Waals surface area contributed by atoms with E-state index in [9.17, 15) is 13.2 Å². The van der Waals surface area contributed by atoms with Gasteiger partial charge in [-0.25, -0.2) is 8.42 Å². The fraction of sp³-hybridized carbons (Fsp3) is 0.667. The number of rotatable bonds is 8. The van der Waals surface area contributed by atoms with Gasteiger partial charge in [0.25, 0.3) is 0 Å². The van der Waals surface area contributed by atoms with Crippen LogP contribution in [0.2, 0.25) is 0 Å². The number of benzene rings is 1. The first-order chi connectivity index (χ1) is 13.9. The van der Waals surface area contributed by atoms with Crippen molar-refractivity contribution in [2.24, 2.45) is 0 Å².